The summed E-state index contributed by atoms with van der Waals surface area (Å²) in [5.74, 6) is 0.857. The van der Waals surface area contributed by atoms with Gasteiger partial charge in [0.2, 0.25) is 11.7 Å². The highest BCUT2D eigenvalue weighted by Crippen LogP contribution is 2.40. The summed E-state index contributed by atoms with van der Waals surface area (Å²) in [6, 6.07) is 18.9. The van der Waals surface area contributed by atoms with Gasteiger partial charge < -0.3 is 29.6 Å². The number of amidine groups is 1. The van der Waals surface area contributed by atoms with Crippen molar-refractivity contribution in [3.8, 4) is 17.2 Å². The monoisotopic (exact) mass is 506 g/mol. The van der Waals surface area contributed by atoms with Gasteiger partial charge in [0.15, 0.2) is 11.5 Å². The lowest BCUT2D eigenvalue weighted by atomic mass is 10.0. The Morgan fingerprint density at radius 3 is 2.03 bits per heavy atom. The van der Waals surface area contributed by atoms with Crippen LogP contribution in [-0.4, -0.2) is 46.3 Å². The van der Waals surface area contributed by atoms with Crippen molar-refractivity contribution >= 4 is 23.5 Å². The zero-order valence-corrected chi connectivity index (χ0v) is 21.1. The number of nitrogens with one attached hydrogen (secondary N) is 4. The molecule has 3 aromatic carbocycles. The van der Waals surface area contributed by atoms with Gasteiger partial charge in [0.05, 0.1) is 28.4 Å². The van der Waals surface area contributed by atoms with Crippen molar-refractivity contribution < 1.29 is 28.5 Å². The van der Waals surface area contributed by atoms with Crippen molar-refractivity contribution in [2.75, 3.05) is 33.8 Å². The Balaban J connectivity index is 1.90. The number of carbonyl (C=O) groups is 2. The molecule has 10 nitrogen and oxygen atoms in total. The SMILES string of the molecule is COC(=O)NC(=N)c1ccc(NC(C(=O)NCc2ccccc2)c2cc(OC)c(OC)c(OC)c2)cc1. The molecule has 0 saturated heterocycles. The van der Waals surface area contributed by atoms with Gasteiger partial charge in [0.1, 0.15) is 11.9 Å². The lowest BCUT2D eigenvalue weighted by Gasteiger charge is -2.22. The first-order valence-corrected chi connectivity index (χ1v) is 11.3. The minimum Gasteiger partial charge on any atom is -0.493 e. The minimum absolute atomic E-state index is 0.111. The minimum atomic E-state index is -0.823. The third kappa shape index (κ3) is 6.91. The highest BCUT2D eigenvalue weighted by atomic mass is 16.5. The molecule has 1 atom stereocenters. The Morgan fingerprint density at radius 2 is 1.49 bits per heavy atom. The van der Waals surface area contributed by atoms with Crippen LogP contribution < -0.4 is 30.2 Å². The van der Waals surface area contributed by atoms with Crippen LogP contribution in [0, 0.1) is 5.41 Å². The maximum atomic E-state index is 13.4. The molecular weight excluding hydrogens is 476 g/mol. The highest BCUT2D eigenvalue weighted by Gasteiger charge is 2.25. The summed E-state index contributed by atoms with van der Waals surface area (Å²) in [6.45, 7) is 0.345. The third-order valence-corrected chi connectivity index (χ3v) is 5.49. The van der Waals surface area contributed by atoms with Crippen LogP contribution in [0.25, 0.3) is 0 Å². The largest absolute Gasteiger partial charge is 0.493 e. The summed E-state index contributed by atoms with van der Waals surface area (Å²) >= 11 is 0. The zero-order chi connectivity index (χ0) is 26.8. The van der Waals surface area contributed by atoms with Gasteiger partial charge in [0, 0.05) is 17.8 Å². The van der Waals surface area contributed by atoms with E-state index < -0.39 is 12.1 Å². The second-order valence-corrected chi connectivity index (χ2v) is 7.81. The molecule has 194 valence electrons. The van der Waals surface area contributed by atoms with Crippen LogP contribution >= 0.6 is 0 Å². The highest BCUT2D eigenvalue weighted by molar-refractivity contribution is 6.04. The summed E-state index contributed by atoms with van der Waals surface area (Å²) in [5.41, 5.74) is 2.63. The van der Waals surface area contributed by atoms with E-state index in [9.17, 15) is 9.59 Å². The molecule has 0 aliphatic heterocycles. The Kier molecular flexibility index (Phi) is 9.31. The van der Waals surface area contributed by atoms with Gasteiger partial charge in [-0.05, 0) is 47.5 Å². The summed E-state index contributed by atoms with van der Waals surface area (Å²) in [7, 11) is 5.75. The molecule has 1 unspecified atom stereocenters. The van der Waals surface area contributed by atoms with Crippen LogP contribution in [0.5, 0.6) is 17.2 Å². The first-order chi connectivity index (χ1) is 17.9. The van der Waals surface area contributed by atoms with Gasteiger partial charge in [0.25, 0.3) is 0 Å². The van der Waals surface area contributed by atoms with Crippen molar-refractivity contribution in [2.24, 2.45) is 0 Å². The molecule has 10 heteroatoms. The van der Waals surface area contributed by atoms with E-state index in [0.29, 0.717) is 40.6 Å². The molecule has 0 aliphatic rings. The number of carbonyl (C=O) groups excluding carboxylic acids is 2. The van der Waals surface area contributed by atoms with Gasteiger partial charge in [-0.2, -0.15) is 0 Å². The van der Waals surface area contributed by atoms with E-state index >= 15 is 0 Å². The number of benzene rings is 3. The second kappa shape index (κ2) is 12.8. The molecule has 2 amide bonds. The van der Waals surface area contributed by atoms with Crippen molar-refractivity contribution in [3.05, 3.63) is 83.4 Å². The van der Waals surface area contributed by atoms with Gasteiger partial charge in [-0.15, -0.1) is 0 Å². The van der Waals surface area contributed by atoms with Crippen molar-refractivity contribution in [2.45, 2.75) is 12.6 Å². The Bertz CT molecular complexity index is 1210. The van der Waals surface area contributed by atoms with Crippen molar-refractivity contribution in [3.63, 3.8) is 0 Å². The van der Waals surface area contributed by atoms with Crippen LogP contribution in [0.2, 0.25) is 0 Å². The first-order valence-electron chi connectivity index (χ1n) is 11.3. The van der Waals surface area contributed by atoms with E-state index in [0.717, 1.165) is 5.56 Å². The predicted octanol–water partition coefficient (Wildman–Crippen LogP) is 3.86. The van der Waals surface area contributed by atoms with E-state index in [4.69, 9.17) is 19.6 Å². The number of hydrogen-bond acceptors (Lipinski definition) is 8. The van der Waals surface area contributed by atoms with E-state index in [-0.39, 0.29) is 11.7 Å². The molecular formula is C27H30N4O6. The predicted molar refractivity (Wildman–Crippen MR) is 140 cm³/mol. The van der Waals surface area contributed by atoms with Crippen LogP contribution in [0.3, 0.4) is 0 Å². The molecule has 37 heavy (non-hydrogen) atoms. The van der Waals surface area contributed by atoms with E-state index in [1.165, 1.54) is 28.4 Å². The van der Waals surface area contributed by atoms with E-state index in [1.54, 1.807) is 36.4 Å². The topological polar surface area (TPSA) is 131 Å². The number of anilines is 1. The first kappa shape index (κ1) is 26.9. The number of amides is 2. The third-order valence-electron chi connectivity index (χ3n) is 5.49. The Labute approximate surface area is 215 Å². The average molecular weight is 507 g/mol. The number of hydrogen-bond donors (Lipinski definition) is 4. The fourth-order valence-corrected chi connectivity index (χ4v) is 3.58. The summed E-state index contributed by atoms with van der Waals surface area (Å²) < 4.78 is 20.9. The van der Waals surface area contributed by atoms with Gasteiger partial charge >= 0.3 is 6.09 Å². The summed E-state index contributed by atoms with van der Waals surface area (Å²) in [5, 5.41) is 16.5. The van der Waals surface area contributed by atoms with E-state index in [1.807, 2.05) is 30.3 Å². The maximum absolute atomic E-state index is 13.4. The molecule has 0 bridgehead atoms. The molecule has 0 radical (unpaired) electrons. The molecule has 0 fully saturated rings. The summed E-state index contributed by atoms with van der Waals surface area (Å²) in [4.78, 5) is 24.8. The van der Waals surface area contributed by atoms with Crippen molar-refractivity contribution in [1.29, 1.82) is 5.41 Å². The maximum Gasteiger partial charge on any atom is 0.412 e. The normalized spacial score (nSPS) is 11.0. The quantitative estimate of drug-likeness (QED) is 0.243. The van der Waals surface area contributed by atoms with Crippen LogP contribution in [0.1, 0.15) is 22.7 Å². The van der Waals surface area contributed by atoms with E-state index in [2.05, 4.69) is 20.7 Å². The number of ether oxygens (including phenoxy) is 4. The van der Waals surface area contributed by atoms with Gasteiger partial charge in [-0.1, -0.05) is 30.3 Å². The van der Waals surface area contributed by atoms with Gasteiger partial charge in [-0.3, -0.25) is 15.5 Å². The molecule has 0 aromatic heterocycles. The number of alkyl carbamates (subject to hydrolysis) is 1. The van der Waals surface area contributed by atoms with Gasteiger partial charge in [-0.25, -0.2) is 4.79 Å². The van der Waals surface area contributed by atoms with Crippen molar-refractivity contribution in [1.82, 2.24) is 10.6 Å². The van der Waals surface area contributed by atoms with Crippen LogP contribution in [-0.2, 0) is 16.1 Å². The molecule has 0 spiro atoms. The zero-order valence-electron chi connectivity index (χ0n) is 21.1. The second-order valence-electron chi connectivity index (χ2n) is 7.81. The Morgan fingerprint density at radius 1 is 0.865 bits per heavy atom. The number of methoxy groups -OCH3 is 4. The molecule has 4 N–H and O–H groups in total. The smallest absolute Gasteiger partial charge is 0.412 e. The number of rotatable bonds is 10. The Hall–Kier alpha value is -4.73. The molecule has 3 aromatic rings. The fourth-order valence-electron chi connectivity index (χ4n) is 3.58. The average Bonchev–Trinajstić information content (AvgIpc) is 2.94. The summed E-state index contributed by atoms with van der Waals surface area (Å²) in [6.07, 6.45) is -0.732. The van der Waals surface area contributed by atoms with Crippen LogP contribution in [0.4, 0.5) is 10.5 Å². The molecule has 3 rings (SSSR count). The van der Waals surface area contributed by atoms with Crippen LogP contribution in [0.15, 0.2) is 66.7 Å². The molecule has 0 saturated carbocycles. The molecule has 0 heterocycles. The molecule has 0 aliphatic carbocycles. The fraction of sp³-hybridized carbons (Fsp3) is 0.222. The standard InChI is InChI=1S/C27H30N4O6/c1-34-21-14-19(15-22(35-2)24(21)36-3)23(26(32)29-16-17-8-6-5-7-9-17)30-20-12-10-18(11-13-20)25(28)31-27(33)37-4/h5-15,23,30H,16H2,1-4H3,(H,29,32)(H2,28,31,33). The lowest BCUT2D eigenvalue weighted by molar-refractivity contribution is -0.122. The lowest BCUT2D eigenvalue weighted by Crippen LogP contribution is -2.33.